The first kappa shape index (κ1) is 11.2. The van der Waals surface area contributed by atoms with Crippen LogP contribution >= 0.6 is 0 Å². The van der Waals surface area contributed by atoms with Gasteiger partial charge in [0.1, 0.15) is 0 Å². The second-order valence-electron chi connectivity index (χ2n) is 4.75. The van der Waals surface area contributed by atoms with Crippen molar-refractivity contribution in [2.24, 2.45) is 5.41 Å². The summed E-state index contributed by atoms with van der Waals surface area (Å²) in [4.78, 5) is 0. The zero-order chi connectivity index (χ0) is 11.3. The van der Waals surface area contributed by atoms with Crippen molar-refractivity contribution in [3.8, 4) is 6.07 Å². The Morgan fingerprint density at radius 3 is 2.62 bits per heavy atom. The Morgan fingerprint density at radius 1 is 1.25 bits per heavy atom. The van der Waals surface area contributed by atoms with Crippen LogP contribution in [-0.2, 0) is 6.42 Å². The van der Waals surface area contributed by atoms with Crippen molar-refractivity contribution < 1.29 is 0 Å². The van der Waals surface area contributed by atoms with Gasteiger partial charge >= 0.3 is 0 Å². The van der Waals surface area contributed by atoms with Gasteiger partial charge in [0.2, 0.25) is 0 Å². The van der Waals surface area contributed by atoms with E-state index < -0.39 is 0 Å². The highest BCUT2D eigenvalue weighted by atomic mass is 14.9. The Kier molecular flexibility index (Phi) is 3.58. The minimum atomic E-state index is 0.325. The van der Waals surface area contributed by atoms with Gasteiger partial charge in [0.15, 0.2) is 0 Å². The molecule has 1 fully saturated rings. The average Bonchev–Trinajstić information content (AvgIpc) is 3.07. The minimum Gasteiger partial charge on any atom is -0.316 e. The van der Waals surface area contributed by atoms with Crippen LogP contribution in [0.15, 0.2) is 30.3 Å². The quantitative estimate of drug-likeness (QED) is 0.739. The molecule has 1 aromatic carbocycles. The lowest BCUT2D eigenvalue weighted by Crippen LogP contribution is -2.25. The van der Waals surface area contributed by atoms with Crippen molar-refractivity contribution in [3.05, 3.63) is 35.9 Å². The minimum absolute atomic E-state index is 0.325. The molecule has 0 aliphatic heterocycles. The molecule has 0 heterocycles. The molecule has 0 radical (unpaired) electrons. The molecule has 0 spiro atoms. The summed E-state index contributed by atoms with van der Waals surface area (Å²) >= 11 is 0. The second-order valence-corrected chi connectivity index (χ2v) is 4.75. The molecule has 84 valence electrons. The van der Waals surface area contributed by atoms with E-state index in [0.29, 0.717) is 11.8 Å². The lowest BCUT2D eigenvalue weighted by atomic mass is 10.0. The third-order valence-corrected chi connectivity index (χ3v) is 3.34. The number of nitriles is 1. The maximum atomic E-state index is 8.70. The Bertz CT molecular complexity index is 360. The fourth-order valence-corrected chi connectivity index (χ4v) is 1.99. The number of benzene rings is 1. The molecule has 16 heavy (non-hydrogen) atoms. The van der Waals surface area contributed by atoms with Crippen LogP contribution in [0.1, 0.15) is 24.8 Å². The monoisotopic (exact) mass is 214 g/mol. The van der Waals surface area contributed by atoms with E-state index in [4.69, 9.17) is 5.26 Å². The van der Waals surface area contributed by atoms with Gasteiger partial charge in [0, 0.05) is 13.0 Å². The molecule has 1 saturated carbocycles. The van der Waals surface area contributed by atoms with Crippen LogP contribution in [0, 0.1) is 16.7 Å². The van der Waals surface area contributed by atoms with E-state index in [1.54, 1.807) is 0 Å². The van der Waals surface area contributed by atoms with E-state index in [1.165, 1.54) is 18.4 Å². The van der Waals surface area contributed by atoms with Crippen molar-refractivity contribution >= 4 is 0 Å². The third kappa shape index (κ3) is 3.08. The van der Waals surface area contributed by atoms with Gasteiger partial charge in [-0.1, -0.05) is 30.3 Å². The Hall–Kier alpha value is -1.33. The summed E-state index contributed by atoms with van der Waals surface area (Å²) in [5, 5.41) is 12.2. The summed E-state index contributed by atoms with van der Waals surface area (Å²) < 4.78 is 0. The van der Waals surface area contributed by atoms with Gasteiger partial charge in [0.25, 0.3) is 0 Å². The number of nitrogens with one attached hydrogen (secondary N) is 1. The SMILES string of the molecule is N#CCC1(CNCCc2ccccc2)CC1. The lowest BCUT2D eigenvalue weighted by Gasteiger charge is -2.11. The van der Waals surface area contributed by atoms with E-state index in [-0.39, 0.29) is 0 Å². The molecular formula is C14H18N2. The van der Waals surface area contributed by atoms with Crippen LogP contribution in [0.5, 0.6) is 0 Å². The van der Waals surface area contributed by atoms with E-state index in [9.17, 15) is 0 Å². The molecule has 1 N–H and O–H groups in total. The van der Waals surface area contributed by atoms with Crippen molar-refractivity contribution in [1.82, 2.24) is 5.32 Å². The van der Waals surface area contributed by atoms with Crippen LogP contribution < -0.4 is 5.32 Å². The van der Waals surface area contributed by atoms with Crippen LogP contribution in [0.3, 0.4) is 0 Å². The summed E-state index contributed by atoms with van der Waals surface area (Å²) in [6, 6.07) is 12.8. The molecule has 0 saturated heterocycles. The highest BCUT2D eigenvalue weighted by molar-refractivity contribution is 5.14. The number of hydrogen-bond acceptors (Lipinski definition) is 2. The summed E-state index contributed by atoms with van der Waals surface area (Å²) in [6.45, 7) is 2.02. The molecule has 1 aliphatic rings. The van der Waals surface area contributed by atoms with Crippen LogP contribution in [-0.4, -0.2) is 13.1 Å². The zero-order valence-corrected chi connectivity index (χ0v) is 9.58. The lowest BCUT2D eigenvalue weighted by molar-refractivity contribution is 0.469. The molecule has 0 unspecified atom stereocenters. The predicted molar refractivity (Wildman–Crippen MR) is 64.9 cm³/mol. The van der Waals surface area contributed by atoms with Crippen molar-refractivity contribution in [3.63, 3.8) is 0 Å². The van der Waals surface area contributed by atoms with E-state index >= 15 is 0 Å². The molecule has 2 rings (SSSR count). The highest BCUT2D eigenvalue weighted by Gasteiger charge is 2.41. The Morgan fingerprint density at radius 2 is 2.00 bits per heavy atom. The largest absolute Gasteiger partial charge is 0.316 e. The molecule has 0 bridgehead atoms. The van der Waals surface area contributed by atoms with Gasteiger partial charge in [-0.2, -0.15) is 5.26 Å². The molecular weight excluding hydrogens is 196 g/mol. The topological polar surface area (TPSA) is 35.8 Å². The third-order valence-electron chi connectivity index (χ3n) is 3.34. The number of hydrogen-bond donors (Lipinski definition) is 1. The Balaban J connectivity index is 1.65. The summed E-state index contributed by atoms with van der Waals surface area (Å²) in [5.74, 6) is 0. The summed E-state index contributed by atoms with van der Waals surface area (Å²) in [7, 11) is 0. The predicted octanol–water partition coefficient (Wildman–Crippen LogP) is 2.51. The maximum absolute atomic E-state index is 8.70. The van der Waals surface area contributed by atoms with Gasteiger partial charge < -0.3 is 5.32 Å². The summed E-state index contributed by atoms with van der Waals surface area (Å²) in [5.41, 5.74) is 1.70. The normalized spacial score (nSPS) is 16.7. The first-order valence-electron chi connectivity index (χ1n) is 5.96. The number of rotatable bonds is 6. The van der Waals surface area contributed by atoms with E-state index in [2.05, 4.69) is 35.7 Å². The van der Waals surface area contributed by atoms with E-state index in [0.717, 1.165) is 19.5 Å². The van der Waals surface area contributed by atoms with Crippen molar-refractivity contribution in [2.45, 2.75) is 25.7 Å². The first-order chi connectivity index (χ1) is 7.85. The molecule has 0 aromatic heterocycles. The maximum Gasteiger partial charge on any atom is 0.0628 e. The fraction of sp³-hybridized carbons (Fsp3) is 0.500. The van der Waals surface area contributed by atoms with Gasteiger partial charge in [-0.05, 0) is 36.8 Å². The van der Waals surface area contributed by atoms with Crippen LogP contribution in [0.2, 0.25) is 0 Å². The average molecular weight is 214 g/mol. The van der Waals surface area contributed by atoms with Crippen LogP contribution in [0.25, 0.3) is 0 Å². The molecule has 1 aliphatic carbocycles. The highest BCUT2D eigenvalue weighted by Crippen LogP contribution is 2.47. The molecule has 1 aromatic rings. The van der Waals surface area contributed by atoms with Crippen molar-refractivity contribution in [1.29, 1.82) is 5.26 Å². The summed E-state index contributed by atoms with van der Waals surface area (Å²) in [6.07, 6.45) is 4.23. The van der Waals surface area contributed by atoms with Crippen molar-refractivity contribution in [2.75, 3.05) is 13.1 Å². The standard InChI is InChI=1S/C14H18N2/c15-10-9-14(7-8-14)12-16-11-6-13-4-2-1-3-5-13/h1-5,16H,6-9,11-12H2. The smallest absolute Gasteiger partial charge is 0.0628 e. The van der Waals surface area contributed by atoms with Gasteiger partial charge in [-0.3, -0.25) is 0 Å². The molecule has 0 atom stereocenters. The second kappa shape index (κ2) is 5.14. The number of nitrogens with zero attached hydrogens (tertiary/aromatic N) is 1. The van der Waals surface area contributed by atoms with Gasteiger partial charge in [-0.25, -0.2) is 0 Å². The van der Waals surface area contributed by atoms with Gasteiger partial charge in [0.05, 0.1) is 6.07 Å². The fourth-order valence-electron chi connectivity index (χ4n) is 1.99. The zero-order valence-electron chi connectivity index (χ0n) is 9.58. The first-order valence-corrected chi connectivity index (χ1v) is 5.96. The van der Waals surface area contributed by atoms with E-state index in [1.807, 2.05) is 6.07 Å². The molecule has 2 heteroatoms. The molecule has 0 amide bonds. The Labute approximate surface area is 97.3 Å². The van der Waals surface area contributed by atoms with Gasteiger partial charge in [-0.15, -0.1) is 0 Å². The molecule has 2 nitrogen and oxygen atoms in total. The van der Waals surface area contributed by atoms with Crippen LogP contribution in [0.4, 0.5) is 0 Å².